The standard InChI is InChI=1S/C17H14ClNO3/c1-9-7-12-14(8-13(9)18)19-17(21)15(16(12)20)10-3-5-11(22-2)6-4-10/h3-8H,1-2H3,(H2,19,20,21). The van der Waals surface area contributed by atoms with Gasteiger partial charge in [-0.05, 0) is 42.3 Å². The van der Waals surface area contributed by atoms with Gasteiger partial charge in [0.1, 0.15) is 11.5 Å². The Morgan fingerprint density at radius 1 is 1.18 bits per heavy atom. The molecule has 2 aromatic carbocycles. The van der Waals surface area contributed by atoms with Crippen molar-refractivity contribution in [2.45, 2.75) is 6.92 Å². The summed E-state index contributed by atoms with van der Waals surface area (Å²) < 4.78 is 5.10. The number of aromatic nitrogens is 1. The normalized spacial score (nSPS) is 10.9. The first-order valence-electron chi connectivity index (χ1n) is 6.71. The summed E-state index contributed by atoms with van der Waals surface area (Å²) in [4.78, 5) is 15.1. The van der Waals surface area contributed by atoms with E-state index in [0.29, 0.717) is 27.2 Å². The number of benzene rings is 2. The molecule has 3 rings (SSSR count). The molecule has 0 amide bonds. The van der Waals surface area contributed by atoms with Crippen molar-refractivity contribution < 1.29 is 9.84 Å². The summed E-state index contributed by atoms with van der Waals surface area (Å²) in [7, 11) is 1.57. The van der Waals surface area contributed by atoms with Crippen molar-refractivity contribution in [3.63, 3.8) is 0 Å². The maximum absolute atomic E-state index is 12.3. The molecule has 0 bridgehead atoms. The molecule has 0 fully saturated rings. The zero-order chi connectivity index (χ0) is 15.9. The van der Waals surface area contributed by atoms with Gasteiger partial charge in [-0.15, -0.1) is 0 Å². The van der Waals surface area contributed by atoms with Crippen LogP contribution in [0.2, 0.25) is 5.02 Å². The van der Waals surface area contributed by atoms with Gasteiger partial charge in [-0.25, -0.2) is 0 Å². The summed E-state index contributed by atoms with van der Waals surface area (Å²) in [6.07, 6.45) is 0. The van der Waals surface area contributed by atoms with Crippen molar-refractivity contribution in [1.82, 2.24) is 4.98 Å². The van der Waals surface area contributed by atoms with Crippen LogP contribution in [0, 0.1) is 6.92 Å². The zero-order valence-electron chi connectivity index (χ0n) is 12.1. The first-order valence-corrected chi connectivity index (χ1v) is 7.08. The lowest BCUT2D eigenvalue weighted by Crippen LogP contribution is -2.09. The predicted molar refractivity (Wildman–Crippen MR) is 88.0 cm³/mol. The molecular formula is C17H14ClNO3. The van der Waals surface area contributed by atoms with E-state index in [2.05, 4.69) is 4.98 Å². The number of aryl methyl sites for hydroxylation is 1. The fourth-order valence-corrected chi connectivity index (χ4v) is 2.60. The molecule has 0 spiro atoms. The van der Waals surface area contributed by atoms with Crippen molar-refractivity contribution in [2.24, 2.45) is 0 Å². The molecule has 0 unspecified atom stereocenters. The Morgan fingerprint density at radius 2 is 1.86 bits per heavy atom. The molecule has 0 aliphatic carbocycles. The number of halogens is 1. The second kappa shape index (κ2) is 5.39. The third-order valence-electron chi connectivity index (χ3n) is 3.64. The average molecular weight is 316 g/mol. The highest BCUT2D eigenvalue weighted by Gasteiger charge is 2.15. The number of methoxy groups -OCH3 is 1. The molecule has 0 aliphatic rings. The molecule has 0 aliphatic heterocycles. The molecule has 0 radical (unpaired) electrons. The van der Waals surface area contributed by atoms with Crippen molar-refractivity contribution in [3.8, 4) is 22.6 Å². The predicted octanol–water partition coefficient (Wildman–Crippen LogP) is 3.87. The van der Waals surface area contributed by atoms with E-state index in [0.717, 1.165) is 5.56 Å². The van der Waals surface area contributed by atoms with Crippen LogP contribution in [0.25, 0.3) is 22.0 Å². The molecule has 112 valence electrons. The van der Waals surface area contributed by atoms with Crippen molar-refractivity contribution >= 4 is 22.5 Å². The maximum Gasteiger partial charge on any atom is 0.260 e. The SMILES string of the molecule is COc1ccc(-c2c(O)c3cc(C)c(Cl)cc3[nH]c2=O)cc1. The summed E-state index contributed by atoms with van der Waals surface area (Å²) in [5, 5.41) is 11.6. The summed E-state index contributed by atoms with van der Waals surface area (Å²) in [5.41, 5.74) is 1.83. The van der Waals surface area contributed by atoms with E-state index < -0.39 is 0 Å². The molecule has 22 heavy (non-hydrogen) atoms. The maximum atomic E-state index is 12.3. The van der Waals surface area contributed by atoms with Crippen LogP contribution in [-0.4, -0.2) is 17.2 Å². The number of H-pyrrole nitrogens is 1. The van der Waals surface area contributed by atoms with Crippen molar-refractivity contribution in [1.29, 1.82) is 0 Å². The van der Waals surface area contributed by atoms with E-state index in [1.165, 1.54) is 0 Å². The summed E-state index contributed by atoms with van der Waals surface area (Å²) >= 11 is 6.06. The molecule has 5 heteroatoms. The molecule has 1 aromatic heterocycles. The first-order chi connectivity index (χ1) is 10.5. The Labute approximate surface area is 131 Å². The van der Waals surface area contributed by atoms with Gasteiger partial charge >= 0.3 is 0 Å². The van der Waals surface area contributed by atoms with Crippen LogP contribution in [0.1, 0.15) is 5.56 Å². The minimum Gasteiger partial charge on any atom is -0.506 e. The monoisotopic (exact) mass is 315 g/mol. The van der Waals surface area contributed by atoms with Gasteiger partial charge in [-0.1, -0.05) is 23.7 Å². The molecule has 0 atom stereocenters. The highest BCUT2D eigenvalue weighted by Crippen LogP contribution is 2.34. The van der Waals surface area contributed by atoms with Crippen LogP contribution >= 0.6 is 11.6 Å². The minimum atomic E-state index is -0.366. The fraction of sp³-hybridized carbons (Fsp3) is 0.118. The highest BCUT2D eigenvalue weighted by molar-refractivity contribution is 6.32. The molecule has 2 N–H and O–H groups in total. The number of aromatic hydroxyl groups is 1. The lowest BCUT2D eigenvalue weighted by atomic mass is 10.0. The number of ether oxygens (including phenoxy) is 1. The van der Waals surface area contributed by atoms with Gasteiger partial charge in [0.25, 0.3) is 5.56 Å². The van der Waals surface area contributed by atoms with Gasteiger partial charge in [-0.2, -0.15) is 0 Å². The molecular weight excluding hydrogens is 302 g/mol. The topological polar surface area (TPSA) is 62.3 Å². The molecule has 0 saturated carbocycles. The number of fused-ring (bicyclic) bond motifs is 1. The number of hydrogen-bond donors (Lipinski definition) is 2. The van der Waals surface area contributed by atoms with Crippen LogP contribution in [0.3, 0.4) is 0 Å². The second-order valence-corrected chi connectivity index (χ2v) is 5.46. The number of rotatable bonds is 2. The van der Waals surface area contributed by atoms with Crippen LogP contribution < -0.4 is 10.3 Å². The van der Waals surface area contributed by atoms with E-state index in [4.69, 9.17) is 16.3 Å². The molecule has 3 aromatic rings. The van der Waals surface area contributed by atoms with E-state index in [-0.39, 0.29) is 16.9 Å². The largest absolute Gasteiger partial charge is 0.506 e. The number of nitrogens with one attached hydrogen (secondary N) is 1. The van der Waals surface area contributed by atoms with Crippen LogP contribution in [0.5, 0.6) is 11.5 Å². The van der Waals surface area contributed by atoms with Crippen LogP contribution in [0.15, 0.2) is 41.2 Å². The van der Waals surface area contributed by atoms with Gasteiger partial charge in [0.05, 0.1) is 18.2 Å². The summed E-state index contributed by atoms with van der Waals surface area (Å²) in [6, 6.07) is 10.4. The highest BCUT2D eigenvalue weighted by atomic mass is 35.5. The van der Waals surface area contributed by atoms with E-state index in [1.54, 1.807) is 43.5 Å². The quantitative estimate of drug-likeness (QED) is 0.754. The third kappa shape index (κ3) is 2.31. The third-order valence-corrected chi connectivity index (χ3v) is 4.05. The Kier molecular flexibility index (Phi) is 3.54. The van der Waals surface area contributed by atoms with Crippen molar-refractivity contribution in [3.05, 3.63) is 57.3 Å². The van der Waals surface area contributed by atoms with Gasteiger partial charge in [0, 0.05) is 10.4 Å². The average Bonchev–Trinajstić information content (AvgIpc) is 2.50. The lowest BCUT2D eigenvalue weighted by Gasteiger charge is -2.10. The van der Waals surface area contributed by atoms with Gasteiger partial charge in [-0.3, -0.25) is 4.79 Å². The fourth-order valence-electron chi connectivity index (χ4n) is 2.43. The molecule has 0 saturated heterocycles. The second-order valence-electron chi connectivity index (χ2n) is 5.05. The molecule has 1 heterocycles. The Hall–Kier alpha value is -2.46. The van der Waals surface area contributed by atoms with Gasteiger partial charge in [0.2, 0.25) is 0 Å². The number of pyridine rings is 1. The van der Waals surface area contributed by atoms with Crippen LogP contribution in [0.4, 0.5) is 0 Å². The van der Waals surface area contributed by atoms with E-state index >= 15 is 0 Å². The zero-order valence-corrected chi connectivity index (χ0v) is 12.9. The van der Waals surface area contributed by atoms with Gasteiger partial charge < -0.3 is 14.8 Å². The van der Waals surface area contributed by atoms with Gasteiger partial charge in [0.15, 0.2) is 0 Å². The number of aromatic amines is 1. The summed E-state index contributed by atoms with van der Waals surface area (Å²) in [6.45, 7) is 1.85. The number of hydrogen-bond acceptors (Lipinski definition) is 3. The Bertz CT molecular complexity index is 914. The Balaban J connectivity index is 2.29. The lowest BCUT2D eigenvalue weighted by molar-refractivity contribution is 0.415. The van der Waals surface area contributed by atoms with Crippen LogP contribution in [-0.2, 0) is 0 Å². The molecule has 4 nitrogen and oxygen atoms in total. The smallest absolute Gasteiger partial charge is 0.260 e. The van der Waals surface area contributed by atoms with Crippen molar-refractivity contribution in [2.75, 3.05) is 7.11 Å². The Morgan fingerprint density at radius 3 is 2.50 bits per heavy atom. The summed E-state index contributed by atoms with van der Waals surface area (Å²) in [5.74, 6) is 0.631. The minimum absolute atomic E-state index is 0.0521. The van der Waals surface area contributed by atoms with E-state index in [9.17, 15) is 9.90 Å². The van der Waals surface area contributed by atoms with E-state index in [1.807, 2.05) is 6.92 Å². The first kappa shape index (κ1) is 14.5.